The van der Waals surface area contributed by atoms with Gasteiger partial charge in [-0.25, -0.2) is 0 Å². The second-order valence-corrected chi connectivity index (χ2v) is 4.36. The zero-order chi connectivity index (χ0) is 11.5. The Morgan fingerprint density at radius 1 is 1.50 bits per heavy atom. The molecule has 0 aliphatic carbocycles. The third-order valence-electron chi connectivity index (χ3n) is 3.40. The third kappa shape index (κ3) is 2.06. The maximum Gasteiger partial charge on any atom is 0.0606 e. The number of rotatable bonds is 4. The SMILES string of the molecule is CNC(C)c1ccc2c(c1)CCN2CCO. The van der Waals surface area contributed by atoms with E-state index in [1.165, 1.54) is 16.8 Å². The Bertz CT molecular complexity index is 365. The molecule has 2 rings (SSSR count). The molecule has 16 heavy (non-hydrogen) atoms. The molecule has 1 aliphatic rings. The second-order valence-electron chi connectivity index (χ2n) is 4.36. The van der Waals surface area contributed by atoms with E-state index in [0.29, 0.717) is 6.04 Å². The van der Waals surface area contributed by atoms with Crippen LogP contribution in [0.2, 0.25) is 0 Å². The molecule has 1 atom stereocenters. The number of benzene rings is 1. The van der Waals surface area contributed by atoms with Gasteiger partial charge >= 0.3 is 0 Å². The molecule has 2 N–H and O–H groups in total. The molecule has 0 spiro atoms. The summed E-state index contributed by atoms with van der Waals surface area (Å²) in [5, 5.41) is 12.2. The van der Waals surface area contributed by atoms with E-state index in [0.717, 1.165) is 19.5 Å². The highest BCUT2D eigenvalue weighted by Crippen LogP contribution is 2.30. The third-order valence-corrected chi connectivity index (χ3v) is 3.40. The van der Waals surface area contributed by atoms with Gasteiger partial charge in [0.25, 0.3) is 0 Å². The summed E-state index contributed by atoms with van der Waals surface area (Å²) in [5.74, 6) is 0. The van der Waals surface area contributed by atoms with Crippen molar-refractivity contribution in [2.75, 3.05) is 31.6 Å². The zero-order valence-corrected chi connectivity index (χ0v) is 10.0. The summed E-state index contributed by atoms with van der Waals surface area (Å²) in [7, 11) is 1.98. The smallest absolute Gasteiger partial charge is 0.0606 e. The largest absolute Gasteiger partial charge is 0.395 e. The first-order valence-electron chi connectivity index (χ1n) is 5.92. The van der Waals surface area contributed by atoms with Crippen LogP contribution in [0, 0.1) is 0 Å². The number of aliphatic hydroxyl groups is 1. The van der Waals surface area contributed by atoms with E-state index in [9.17, 15) is 0 Å². The molecule has 0 radical (unpaired) electrons. The molecular weight excluding hydrogens is 200 g/mol. The van der Waals surface area contributed by atoms with Crippen LogP contribution >= 0.6 is 0 Å². The first-order valence-corrected chi connectivity index (χ1v) is 5.92. The molecule has 1 aliphatic heterocycles. The van der Waals surface area contributed by atoms with Gasteiger partial charge in [-0.05, 0) is 37.6 Å². The van der Waals surface area contributed by atoms with Gasteiger partial charge in [0.15, 0.2) is 0 Å². The number of β-amino-alcohol motifs (C(OH)–C–C–N with tert-alkyl or cyclic N) is 1. The molecule has 3 heteroatoms. The molecule has 88 valence electrons. The minimum absolute atomic E-state index is 0.230. The monoisotopic (exact) mass is 220 g/mol. The molecule has 1 aromatic rings. The van der Waals surface area contributed by atoms with Crippen LogP contribution < -0.4 is 10.2 Å². The molecule has 1 heterocycles. The lowest BCUT2D eigenvalue weighted by atomic mass is 10.0. The molecule has 0 aromatic heterocycles. The highest BCUT2D eigenvalue weighted by atomic mass is 16.3. The fourth-order valence-corrected chi connectivity index (χ4v) is 2.28. The van der Waals surface area contributed by atoms with E-state index in [-0.39, 0.29) is 6.61 Å². The number of anilines is 1. The fourth-order valence-electron chi connectivity index (χ4n) is 2.28. The van der Waals surface area contributed by atoms with Gasteiger partial charge in [-0.1, -0.05) is 12.1 Å². The van der Waals surface area contributed by atoms with Crippen molar-refractivity contribution in [3.63, 3.8) is 0 Å². The number of hydrogen-bond donors (Lipinski definition) is 2. The Morgan fingerprint density at radius 2 is 2.31 bits per heavy atom. The molecule has 0 amide bonds. The number of nitrogens with one attached hydrogen (secondary N) is 1. The van der Waals surface area contributed by atoms with Crippen LogP contribution in [0.25, 0.3) is 0 Å². The minimum atomic E-state index is 0.230. The highest BCUT2D eigenvalue weighted by Gasteiger charge is 2.19. The summed E-state index contributed by atoms with van der Waals surface area (Å²) >= 11 is 0. The molecule has 1 unspecified atom stereocenters. The van der Waals surface area contributed by atoms with Gasteiger partial charge < -0.3 is 15.3 Å². The van der Waals surface area contributed by atoms with Gasteiger partial charge in [-0.3, -0.25) is 0 Å². The van der Waals surface area contributed by atoms with Gasteiger partial charge in [-0.2, -0.15) is 0 Å². The Hall–Kier alpha value is -1.06. The summed E-state index contributed by atoms with van der Waals surface area (Å²) < 4.78 is 0. The topological polar surface area (TPSA) is 35.5 Å². The van der Waals surface area contributed by atoms with Crippen molar-refractivity contribution in [3.8, 4) is 0 Å². The lowest BCUT2D eigenvalue weighted by Crippen LogP contribution is -2.23. The van der Waals surface area contributed by atoms with Crippen LogP contribution in [0.15, 0.2) is 18.2 Å². The van der Waals surface area contributed by atoms with Crippen LogP contribution in [0.5, 0.6) is 0 Å². The second kappa shape index (κ2) is 4.85. The van der Waals surface area contributed by atoms with E-state index in [1.54, 1.807) is 0 Å². The molecule has 0 saturated carbocycles. The van der Waals surface area contributed by atoms with E-state index in [4.69, 9.17) is 5.11 Å². The number of fused-ring (bicyclic) bond motifs is 1. The molecule has 0 fully saturated rings. The van der Waals surface area contributed by atoms with Crippen molar-refractivity contribution >= 4 is 5.69 Å². The fraction of sp³-hybridized carbons (Fsp3) is 0.538. The van der Waals surface area contributed by atoms with Crippen molar-refractivity contribution in [2.45, 2.75) is 19.4 Å². The molecule has 3 nitrogen and oxygen atoms in total. The van der Waals surface area contributed by atoms with E-state index < -0.39 is 0 Å². The minimum Gasteiger partial charge on any atom is -0.395 e. The Balaban J connectivity index is 2.22. The van der Waals surface area contributed by atoms with Crippen molar-refractivity contribution in [3.05, 3.63) is 29.3 Å². The average molecular weight is 220 g/mol. The highest BCUT2D eigenvalue weighted by molar-refractivity contribution is 5.59. The summed E-state index contributed by atoms with van der Waals surface area (Å²) in [6.45, 7) is 4.18. The average Bonchev–Trinajstić information content (AvgIpc) is 2.71. The first kappa shape index (κ1) is 11.4. The maximum absolute atomic E-state index is 8.98. The summed E-state index contributed by atoms with van der Waals surface area (Å²) in [6, 6.07) is 7.04. The standard InChI is InChI=1S/C13H20N2O/c1-10(14-2)11-3-4-13-12(9-11)5-6-15(13)7-8-16/h3-4,9-10,14,16H,5-8H2,1-2H3. The Labute approximate surface area is 97.1 Å². The summed E-state index contributed by atoms with van der Waals surface area (Å²) in [6.07, 6.45) is 1.10. The summed E-state index contributed by atoms with van der Waals surface area (Å²) in [4.78, 5) is 2.25. The first-order chi connectivity index (χ1) is 7.76. The number of nitrogens with zero attached hydrogens (tertiary/aromatic N) is 1. The van der Waals surface area contributed by atoms with Crippen LogP contribution in [-0.2, 0) is 6.42 Å². The van der Waals surface area contributed by atoms with Gasteiger partial charge in [-0.15, -0.1) is 0 Å². The molecule has 0 bridgehead atoms. The van der Waals surface area contributed by atoms with Crippen LogP contribution in [-0.4, -0.2) is 31.9 Å². The normalized spacial score (nSPS) is 16.3. The van der Waals surface area contributed by atoms with Gasteiger partial charge in [0.05, 0.1) is 6.61 Å². The molecule has 1 aromatic carbocycles. The lowest BCUT2D eigenvalue weighted by Gasteiger charge is -2.18. The lowest BCUT2D eigenvalue weighted by molar-refractivity contribution is 0.303. The van der Waals surface area contributed by atoms with Crippen LogP contribution in [0.4, 0.5) is 5.69 Å². The van der Waals surface area contributed by atoms with Gasteiger partial charge in [0.1, 0.15) is 0 Å². The molecular formula is C13H20N2O. The predicted octanol–water partition coefficient (Wildman–Crippen LogP) is 1.32. The van der Waals surface area contributed by atoms with E-state index in [2.05, 4.69) is 35.3 Å². The van der Waals surface area contributed by atoms with Gasteiger partial charge in [0.2, 0.25) is 0 Å². The van der Waals surface area contributed by atoms with E-state index >= 15 is 0 Å². The Kier molecular flexibility index (Phi) is 3.46. The van der Waals surface area contributed by atoms with E-state index in [1.807, 2.05) is 7.05 Å². The van der Waals surface area contributed by atoms with Crippen molar-refractivity contribution < 1.29 is 5.11 Å². The van der Waals surface area contributed by atoms with Gasteiger partial charge in [0, 0.05) is 24.8 Å². The van der Waals surface area contributed by atoms with Crippen molar-refractivity contribution in [1.82, 2.24) is 5.32 Å². The van der Waals surface area contributed by atoms with Crippen molar-refractivity contribution in [2.24, 2.45) is 0 Å². The van der Waals surface area contributed by atoms with Crippen LogP contribution in [0.3, 0.4) is 0 Å². The zero-order valence-electron chi connectivity index (χ0n) is 10.0. The van der Waals surface area contributed by atoms with Crippen molar-refractivity contribution in [1.29, 1.82) is 0 Å². The quantitative estimate of drug-likeness (QED) is 0.803. The van der Waals surface area contributed by atoms with Crippen LogP contribution in [0.1, 0.15) is 24.1 Å². The number of aliphatic hydroxyl groups excluding tert-OH is 1. The molecule has 0 saturated heterocycles. The Morgan fingerprint density at radius 3 is 3.00 bits per heavy atom. The summed E-state index contributed by atoms with van der Waals surface area (Å²) in [5.41, 5.74) is 4.04. The predicted molar refractivity (Wildman–Crippen MR) is 66.9 cm³/mol. The maximum atomic E-state index is 8.98. The number of hydrogen-bond acceptors (Lipinski definition) is 3.